The molecule has 122 valence electrons. The summed E-state index contributed by atoms with van der Waals surface area (Å²) in [6.45, 7) is 4.96. The summed E-state index contributed by atoms with van der Waals surface area (Å²) in [5, 5.41) is 0.622. The molecule has 0 atom stereocenters. The Hall–Kier alpha value is -1.73. The van der Waals surface area contributed by atoms with Crippen LogP contribution in [0.1, 0.15) is 33.9 Å². The van der Waals surface area contributed by atoms with Gasteiger partial charge in [-0.2, -0.15) is 0 Å². The van der Waals surface area contributed by atoms with Crippen LogP contribution in [-0.4, -0.2) is 46.7 Å². The smallest absolute Gasteiger partial charge is 0.264 e. The number of rotatable bonds is 1. The molecule has 2 aromatic rings. The zero-order valence-corrected chi connectivity index (χ0v) is 13.9. The van der Waals surface area contributed by atoms with E-state index in [1.165, 1.54) is 11.3 Å². The summed E-state index contributed by atoms with van der Waals surface area (Å²) in [5.41, 5.74) is 0.791. The Morgan fingerprint density at radius 2 is 2.00 bits per heavy atom. The monoisotopic (exact) mass is 333 g/mol. The van der Waals surface area contributed by atoms with Crippen LogP contribution < -0.4 is 5.56 Å². The van der Waals surface area contributed by atoms with E-state index in [1.807, 2.05) is 6.92 Å². The molecule has 0 spiro atoms. The van der Waals surface area contributed by atoms with Gasteiger partial charge in [-0.3, -0.25) is 14.2 Å². The van der Waals surface area contributed by atoms with Crippen molar-refractivity contribution in [3.05, 3.63) is 26.6 Å². The first-order valence-electron chi connectivity index (χ1n) is 8.06. The number of amides is 1. The number of aryl methyl sites for hydroxylation is 2. The van der Waals surface area contributed by atoms with Gasteiger partial charge >= 0.3 is 0 Å². The lowest BCUT2D eigenvalue weighted by molar-refractivity contribution is 0.0306. The van der Waals surface area contributed by atoms with E-state index >= 15 is 0 Å². The summed E-state index contributed by atoms with van der Waals surface area (Å²) >= 11 is 1.36. The maximum absolute atomic E-state index is 12.8. The van der Waals surface area contributed by atoms with Crippen LogP contribution in [0.2, 0.25) is 0 Å². The van der Waals surface area contributed by atoms with Crippen molar-refractivity contribution < 1.29 is 9.53 Å². The Morgan fingerprint density at radius 3 is 2.78 bits per heavy atom. The van der Waals surface area contributed by atoms with E-state index in [-0.39, 0.29) is 11.5 Å². The molecule has 6 nitrogen and oxygen atoms in total. The van der Waals surface area contributed by atoms with Gasteiger partial charge in [-0.1, -0.05) is 0 Å². The van der Waals surface area contributed by atoms with Gasteiger partial charge in [0.1, 0.15) is 10.7 Å². The van der Waals surface area contributed by atoms with Gasteiger partial charge in [-0.15, -0.1) is 11.3 Å². The quantitative estimate of drug-likeness (QED) is 0.795. The van der Waals surface area contributed by atoms with Crippen LogP contribution in [-0.2, 0) is 17.7 Å². The Balaban J connectivity index is 1.82. The molecule has 0 unspecified atom stereocenters. The van der Waals surface area contributed by atoms with Crippen molar-refractivity contribution in [2.75, 3.05) is 26.3 Å². The second-order valence-electron chi connectivity index (χ2n) is 6.08. The highest BCUT2D eigenvalue weighted by Gasteiger charge is 2.26. The van der Waals surface area contributed by atoms with Crippen molar-refractivity contribution in [1.82, 2.24) is 14.5 Å². The first-order valence-corrected chi connectivity index (χ1v) is 8.88. The fourth-order valence-electron chi connectivity index (χ4n) is 3.35. The lowest BCUT2D eigenvalue weighted by Crippen LogP contribution is -2.40. The van der Waals surface area contributed by atoms with Crippen LogP contribution >= 0.6 is 11.3 Å². The third kappa shape index (κ3) is 2.38. The number of fused-ring (bicyclic) bond motifs is 2. The molecule has 0 aromatic carbocycles. The number of hydrogen-bond donors (Lipinski definition) is 0. The Morgan fingerprint density at radius 1 is 1.22 bits per heavy atom. The highest BCUT2D eigenvalue weighted by molar-refractivity contribution is 7.20. The van der Waals surface area contributed by atoms with Gasteiger partial charge in [-0.05, 0) is 25.3 Å². The third-order valence-corrected chi connectivity index (χ3v) is 5.83. The van der Waals surface area contributed by atoms with Gasteiger partial charge < -0.3 is 9.64 Å². The molecule has 0 radical (unpaired) electrons. The maximum atomic E-state index is 12.8. The van der Waals surface area contributed by atoms with Gasteiger partial charge in [0.05, 0.1) is 23.5 Å². The van der Waals surface area contributed by atoms with Gasteiger partial charge in [0.15, 0.2) is 0 Å². The summed E-state index contributed by atoms with van der Waals surface area (Å²) in [5.74, 6) is 0.858. The molecule has 1 amide bonds. The van der Waals surface area contributed by atoms with Crippen molar-refractivity contribution in [3.8, 4) is 0 Å². The summed E-state index contributed by atoms with van der Waals surface area (Å²) in [4.78, 5) is 33.4. The van der Waals surface area contributed by atoms with E-state index in [0.29, 0.717) is 41.4 Å². The average Bonchev–Trinajstić information content (AvgIpc) is 2.92. The molecule has 2 aliphatic rings. The predicted molar refractivity (Wildman–Crippen MR) is 88.3 cm³/mol. The normalized spacial score (nSPS) is 18.2. The molecule has 2 aliphatic heterocycles. The van der Waals surface area contributed by atoms with Crippen LogP contribution in [0.5, 0.6) is 0 Å². The van der Waals surface area contributed by atoms with Gasteiger partial charge in [0.25, 0.3) is 11.5 Å². The zero-order valence-electron chi connectivity index (χ0n) is 13.1. The molecule has 7 heteroatoms. The topological polar surface area (TPSA) is 64.4 Å². The first-order chi connectivity index (χ1) is 11.2. The molecule has 4 rings (SSSR count). The average molecular weight is 333 g/mol. The molecule has 0 bridgehead atoms. The lowest BCUT2D eigenvalue weighted by atomic mass is 10.1. The van der Waals surface area contributed by atoms with Crippen LogP contribution in [0.15, 0.2) is 4.79 Å². The molecule has 2 aromatic heterocycles. The summed E-state index contributed by atoms with van der Waals surface area (Å²) < 4.78 is 7.09. The maximum Gasteiger partial charge on any atom is 0.264 e. The second kappa shape index (κ2) is 5.72. The minimum atomic E-state index is -0.00354. The van der Waals surface area contributed by atoms with E-state index in [2.05, 4.69) is 4.98 Å². The van der Waals surface area contributed by atoms with Gasteiger partial charge in [-0.25, -0.2) is 4.98 Å². The minimum absolute atomic E-state index is 0.00354. The number of carbonyl (C=O) groups is 1. The van der Waals surface area contributed by atoms with Crippen LogP contribution in [0.3, 0.4) is 0 Å². The number of morpholine rings is 1. The van der Waals surface area contributed by atoms with Crippen molar-refractivity contribution in [3.63, 3.8) is 0 Å². The van der Waals surface area contributed by atoms with E-state index in [4.69, 9.17) is 4.74 Å². The van der Waals surface area contributed by atoms with Crippen LogP contribution in [0.25, 0.3) is 10.2 Å². The molecule has 0 saturated carbocycles. The number of thiophene rings is 1. The first kappa shape index (κ1) is 14.8. The molecule has 4 heterocycles. The lowest BCUT2D eigenvalue weighted by Gasteiger charge is -2.26. The Kier molecular flexibility index (Phi) is 3.69. The summed E-state index contributed by atoms with van der Waals surface area (Å²) in [6.07, 6.45) is 2.93. The second-order valence-corrected chi connectivity index (χ2v) is 7.08. The van der Waals surface area contributed by atoms with Gasteiger partial charge in [0.2, 0.25) is 0 Å². The SMILES string of the molecule is Cc1c(C(=O)N2CCOCC2)sc2nc3n(c(=O)c12)CCCC3. The molecule has 1 fully saturated rings. The molecule has 0 N–H and O–H groups in total. The summed E-state index contributed by atoms with van der Waals surface area (Å²) in [6, 6.07) is 0. The van der Waals surface area contributed by atoms with E-state index in [0.717, 1.165) is 37.2 Å². The number of ether oxygens (including phenoxy) is 1. The molecule has 0 aliphatic carbocycles. The highest BCUT2D eigenvalue weighted by atomic mass is 32.1. The Labute approximate surface area is 137 Å². The molecular formula is C16H19N3O3S. The molecular weight excluding hydrogens is 314 g/mol. The van der Waals surface area contributed by atoms with Crippen molar-refractivity contribution in [2.24, 2.45) is 0 Å². The number of aromatic nitrogens is 2. The van der Waals surface area contributed by atoms with E-state index in [1.54, 1.807) is 9.47 Å². The van der Waals surface area contributed by atoms with Gasteiger partial charge in [0, 0.05) is 26.1 Å². The highest BCUT2D eigenvalue weighted by Crippen LogP contribution is 2.29. The standard InChI is InChI=1S/C16H19N3O3S/c1-10-12-14(17-11-4-2-3-5-19(11)15(12)20)23-13(10)16(21)18-6-8-22-9-7-18/h2-9H2,1H3. The van der Waals surface area contributed by atoms with Crippen molar-refractivity contribution in [2.45, 2.75) is 32.7 Å². The minimum Gasteiger partial charge on any atom is -0.378 e. The molecule has 1 saturated heterocycles. The number of hydrogen-bond acceptors (Lipinski definition) is 5. The Bertz CT molecular complexity index is 833. The fourth-order valence-corrected chi connectivity index (χ4v) is 4.51. The molecule has 23 heavy (non-hydrogen) atoms. The number of carbonyl (C=O) groups excluding carboxylic acids is 1. The largest absolute Gasteiger partial charge is 0.378 e. The van der Waals surface area contributed by atoms with E-state index < -0.39 is 0 Å². The van der Waals surface area contributed by atoms with Crippen LogP contribution in [0.4, 0.5) is 0 Å². The van der Waals surface area contributed by atoms with E-state index in [9.17, 15) is 9.59 Å². The predicted octanol–water partition coefficient (Wildman–Crippen LogP) is 1.58. The zero-order chi connectivity index (χ0) is 16.0. The van der Waals surface area contributed by atoms with Crippen LogP contribution in [0, 0.1) is 6.92 Å². The van der Waals surface area contributed by atoms with Crippen molar-refractivity contribution >= 4 is 27.5 Å². The number of nitrogens with zero attached hydrogens (tertiary/aromatic N) is 3. The van der Waals surface area contributed by atoms with Crippen molar-refractivity contribution in [1.29, 1.82) is 0 Å². The third-order valence-electron chi connectivity index (χ3n) is 4.65. The summed E-state index contributed by atoms with van der Waals surface area (Å²) in [7, 11) is 0. The fraction of sp³-hybridized carbons (Fsp3) is 0.562.